The standard InChI is InChI=1S/C53H38N2S/c1-5-16-38(17-6-1)20-13-29-50(54-37-39-18-7-2-8-19-39)42-30-33-44(34-31-42)55-51-36-43(32-35-45(51)40-21-9-3-10-22-40)47-26-15-28-49-48-27-14-25-46(52(48)56-53(47)49)41-23-11-4-12-24-41/h1-12,14-19,21-28,30-36,55H,20,37H2. The zero-order chi connectivity index (χ0) is 37.5. The van der Waals surface area contributed by atoms with E-state index >= 15 is 0 Å². The monoisotopic (exact) mass is 734 g/mol. The first kappa shape index (κ1) is 34.8. The molecule has 2 nitrogen and oxygen atoms in total. The van der Waals surface area contributed by atoms with Crippen LogP contribution in [-0.2, 0) is 13.0 Å². The summed E-state index contributed by atoms with van der Waals surface area (Å²) in [6.07, 6.45) is 0.673. The Balaban J connectivity index is 1.07. The summed E-state index contributed by atoms with van der Waals surface area (Å²) in [5, 5.41) is 6.38. The molecule has 0 aliphatic heterocycles. The zero-order valence-electron chi connectivity index (χ0n) is 30.8. The van der Waals surface area contributed by atoms with Crippen LogP contribution >= 0.6 is 11.3 Å². The molecule has 56 heavy (non-hydrogen) atoms. The molecule has 8 aromatic carbocycles. The van der Waals surface area contributed by atoms with Crippen LogP contribution in [0.1, 0.15) is 16.7 Å². The predicted octanol–water partition coefficient (Wildman–Crippen LogP) is 14.0. The van der Waals surface area contributed by atoms with E-state index in [1.54, 1.807) is 0 Å². The van der Waals surface area contributed by atoms with Crippen LogP contribution in [0.15, 0.2) is 205 Å². The van der Waals surface area contributed by atoms with Gasteiger partial charge < -0.3 is 5.32 Å². The molecular weight excluding hydrogens is 697 g/mol. The van der Waals surface area contributed by atoms with Crippen molar-refractivity contribution in [3.8, 4) is 45.2 Å². The Morgan fingerprint density at radius 3 is 1.66 bits per heavy atom. The summed E-state index contributed by atoms with van der Waals surface area (Å²) in [5.41, 5.74) is 13.4. The molecule has 9 aromatic rings. The van der Waals surface area contributed by atoms with Crippen LogP contribution in [0.3, 0.4) is 0 Å². The molecule has 0 radical (unpaired) electrons. The Kier molecular flexibility index (Phi) is 10.0. The summed E-state index contributed by atoms with van der Waals surface area (Å²) < 4.78 is 2.61. The van der Waals surface area contributed by atoms with E-state index in [1.165, 1.54) is 48.0 Å². The molecule has 0 aliphatic rings. The molecule has 0 amide bonds. The molecule has 0 aliphatic carbocycles. The van der Waals surface area contributed by atoms with E-state index in [-0.39, 0.29) is 0 Å². The van der Waals surface area contributed by atoms with Gasteiger partial charge in [-0.2, -0.15) is 0 Å². The highest BCUT2D eigenvalue weighted by Gasteiger charge is 2.16. The number of thiophene rings is 1. The fraction of sp³-hybridized carbons (Fsp3) is 0.0377. The number of hydrogen-bond donors (Lipinski definition) is 1. The van der Waals surface area contributed by atoms with Crippen LogP contribution in [0.2, 0.25) is 0 Å². The minimum absolute atomic E-state index is 0.573. The number of aliphatic imine (C=N–C) groups is 1. The van der Waals surface area contributed by atoms with Crippen molar-refractivity contribution in [1.82, 2.24) is 0 Å². The summed E-state index contributed by atoms with van der Waals surface area (Å²) in [6, 6.07) is 70.7. The van der Waals surface area contributed by atoms with Crippen molar-refractivity contribution in [2.45, 2.75) is 13.0 Å². The minimum atomic E-state index is 0.573. The average Bonchev–Trinajstić information content (AvgIpc) is 3.66. The lowest BCUT2D eigenvalue weighted by Crippen LogP contribution is -2.00. The molecule has 0 atom stereocenters. The van der Waals surface area contributed by atoms with Gasteiger partial charge in [-0.25, -0.2) is 0 Å². The molecule has 1 aromatic heterocycles. The molecule has 266 valence electrons. The van der Waals surface area contributed by atoms with Gasteiger partial charge in [-0.1, -0.05) is 188 Å². The number of hydrogen-bond acceptors (Lipinski definition) is 3. The molecule has 0 fully saturated rings. The first-order valence-electron chi connectivity index (χ1n) is 18.9. The van der Waals surface area contributed by atoms with Gasteiger partial charge in [-0.15, -0.1) is 11.3 Å². The van der Waals surface area contributed by atoms with E-state index in [1.807, 2.05) is 23.5 Å². The Hall–Kier alpha value is -6.99. The summed E-state index contributed by atoms with van der Waals surface area (Å²) in [6.45, 7) is 0.573. The second-order valence-electron chi connectivity index (χ2n) is 13.8. The Bertz CT molecular complexity index is 2850. The van der Waals surface area contributed by atoms with Gasteiger partial charge in [-0.3, -0.25) is 4.99 Å². The maximum absolute atomic E-state index is 4.99. The molecule has 0 spiro atoms. The summed E-state index contributed by atoms with van der Waals surface area (Å²) in [4.78, 5) is 4.99. The molecule has 0 unspecified atom stereocenters. The fourth-order valence-corrected chi connectivity index (χ4v) is 8.60. The number of anilines is 2. The third-order valence-electron chi connectivity index (χ3n) is 10.1. The lowest BCUT2D eigenvalue weighted by molar-refractivity contribution is 1.07. The zero-order valence-corrected chi connectivity index (χ0v) is 31.6. The van der Waals surface area contributed by atoms with Crippen molar-refractivity contribution in [3.63, 3.8) is 0 Å². The maximum atomic E-state index is 4.99. The van der Waals surface area contributed by atoms with Crippen molar-refractivity contribution >= 4 is 48.6 Å². The quantitative estimate of drug-likeness (QED) is 0.116. The molecular formula is C53H38N2S. The van der Waals surface area contributed by atoms with Gasteiger partial charge >= 0.3 is 0 Å². The van der Waals surface area contributed by atoms with Gasteiger partial charge in [0.1, 0.15) is 5.71 Å². The van der Waals surface area contributed by atoms with Gasteiger partial charge in [-0.05, 0) is 63.1 Å². The average molecular weight is 735 g/mol. The van der Waals surface area contributed by atoms with Gasteiger partial charge in [0.2, 0.25) is 0 Å². The molecule has 0 saturated heterocycles. The first-order chi connectivity index (χ1) is 27.8. The SMILES string of the molecule is C(#CC(=NCc1ccccc1)c1ccc(Nc2cc(-c3cccc4c3sc3c(-c5ccccc5)cccc34)ccc2-c2ccccc2)cc1)Cc1ccccc1. The number of nitrogens with zero attached hydrogens (tertiary/aromatic N) is 1. The fourth-order valence-electron chi connectivity index (χ4n) is 7.23. The number of nitrogens with one attached hydrogen (secondary N) is 1. The highest BCUT2D eigenvalue weighted by atomic mass is 32.1. The van der Waals surface area contributed by atoms with Crippen molar-refractivity contribution < 1.29 is 0 Å². The van der Waals surface area contributed by atoms with Gasteiger partial charge in [0.25, 0.3) is 0 Å². The van der Waals surface area contributed by atoms with E-state index in [0.29, 0.717) is 13.0 Å². The van der Waals surface area contributed by atoms with Crippen molar-refractivity contribution in [2.75, 3.05) is 5.32 Å². The maximum Gasteiger partial charge on any atom is 0.115 e. The van der Waals surface area contributed by atoms with Crippen LogP contribution in [0.5, 0.6) is 0 Å². The molecule has 9 rings (SSSR count). The molecule has 0 bridgehead atoms. The topological polar surface area (TPSA) is 24.4 Å². The predicted molar refractivity (Wildman–Crippen MR) is 240 cm³/mol. The first-order valence-corrected chi connectivity index (χ1v) is 19.8. The van der Waals surface area contributed by atoms with Crippen LogP contribution in [0, 0.1) is 11.8 Å². The van der Waals surface area contributed by atoms with E-state index in [4.69, 9.17) is 4.99 Å². The third-order valence-corrected chi connectivity index (χ3v) is 11.4. The smallest absolute Gasteiger partial charge is 0.115 e. The largest absolute Gasteiger partial charge is 0.355 e. The molecule has 0 saturated carbocycles. The van der Waals surface area contributed by atoms with Crippen molar-refractivity contribution in [3.05, 3.63) is 217 Å². The molecule has 3 heteroatoms. The van der Waals surface area contributed by atoms with Crippen LogP contribution in [0.25, 0.3) is 53.6 Å². The van der Waals surface area contributed by atoms with E-state index in [2.05, 4.69) is 205 Å². The Morgan fingerprint density at radius 1 is 0.482 bits per heavy atom. The van der Waals surface area contributed by atoms with E-state index in [9.17, 15) is 0 Å². The summed E-state index contributed by atoms with van der Waals surface area (Å²) >= 11 is 1.88. The summed E-state index contributed by atoms with van der Waals surface area (Å²) in [5.74, 6) is 6.77. The van der Waals surface area contributed by atoms with Crippen LogP contribution in [-0.4, -0.2) is 5.71 Å². The number of benzene rings is 8. The van der Waals surface area contributed by atoms with Crippen molar-refractivity contribution in [2.24, 2.45) is 4.99 Å². The van der Waals surface area contributed by atoms with E-state index < -0.39 is 0 Å². The third kappa shape index (κ3) is 7.52. The second kappa shape index (κ2) is 16.2. The highest BCUT2D eigenvalue weighted by molar-refractivity contribution is 7.26. The van der Waals surface area contributed by atoms with Gasteiger partial charge in [0.15, 0.2) is 0 Å². The lowest BCUT2D eigenvalue weighted by Gasteiger charge is -2.15. The Morgan fingerprint density at radius 2 is 1.04 bits per heavy atom. The summed E-state index contributed by atoms with van der Waals surface area (Å²) in [7, 11) is 0. The van der Waals surface area contributed by atoms with Crippen LogP contribution < -0.4 is 5.32 Å². The highest BCUT2D eigenvalue weighted by Crippen LogP contribution is 2.45. The lowest BCUT2D eigenvalue weighted by atomic mass is 9.96. The normalized spacial score (nSPS) is 11.3. The second-order valence-corrected chi connectivity index (χ2v) is 14.8. The van der Waals surface area contributed by atoms with E-state index in [0.717, 1.165) is 39.3 Å². The number of fused-ring (bicyclic) bond motifs is 3. The molecule has 1 heterocycles. The molecule has 1 N–H and O–H groups in total. The number of rotatable bonds is 9. The van der Waals surface area contributed by atoms with Crippen LogP contribution in [0.4, 0.5) is 11.4 Å². The van der Waals surface area contributed by atoms with Gasteiger partial charge in [0, 0.05) is 49.1 Å². The van der Waals surface area contributed by atoms with Crippen molar-refractivity contribution in [1.29, 1.82) is 0 Å². The van der Waals surface area contributed by atoms with Gasteiger partial charge in [0.05, 0.1) is 6.54 Å². The minimum Gasteiger partial charge on any atom is -0.355 e. The Labute approximate surface area is 332 Å².